The SMILES string of the molecule is COC(=O)c1ccccc1S(=O)(=O)NCC(C)CO. The molecule has 0 fully saturated rings. The van der Waals surface area contributed by atoms with Gasteiger partial charge in [-0.25, -0.2) is 17.9 Å². The van der Waals surface area contributed by atoms with E-state index in [-0.39, 0.29) is 29.5 Å². The molecule has 0 aliphatic heterocycles. The quantitative estimate of drug-likeness (QED) is 0.738. The third kappa shape index (κ3) is 4.02. The number of nitrogens with one attached hydrogen (secondary N) is 1. The van der Waals surface area contributed by atoms with Gasteiger partial charge in [0.25, 0.3) is 0 Å². The molecule has 0 heterocycles. The molecule has 0 saturated carbocycles. The first-order valence-corrected chi connectivity index (χ1v) is 7.18. The summed E-state index contributed by atoms with van der Waals surface area (Å²) in [7, 11) is -2.63. The van der Waals surface area contributed by atoms with Crippen LogP contribution in [0.25, 0.3) is 0 Å². The Bertz CT molecular complexity index is 541. The normalized spacial score (nSPS) is 13.0. The van der Waals surface area contributed by atoms with Crippen molar-refractivity contribution in [3.05, 3.63) is 29.8 Å². The van der Waals surface area contributed by atoms with Crippen molar-refractivity contribution in [1.82, 2.24) is 4.72 Å². The molecule has 1 atom stereocenters. The first kappa shape index (κ1) is 15.6. The number of carbonyl (C=O) groups is 1. The topological polar surface area (TPSA) is 92.7 Å². The van der Waals surface area contributed by atoms with E-state index in [4.69, 9.17) is 5.11 Å². The monoisotopic (exact) mass is 287 g/mol. The van der Waals surface area contributed by atoms with Crippen molar-refractivity contribution in [2.75, 3.05) is 20.3 Å². The summed E-state index contributed by atoms with van der Waals surface area (Å²) >= 11 is 0. The lowest BCUT2D eigenvalue weighted by Crippen LogP contribution is -2.30. The zero-order chi connectivity index (χ0) is 14.5. The lowest BCUT2D eigenvalue weighted by atomic mass is 10.2. The van der Waals surface area contributed by atoms with Gasteiger partial charge in [0.2, 0.25) is 10.0 Å². The molecule has 0 aliphatic rings. The number of ether oxygens (including phenoxy) is 1. The van der Waals surface area contributed by atoms with Crippen molar-refractivity contribution in [3.8, 4) is 0 Å². The highest BCUT2D eigenvalue weighted by Gasteiger charge is 2.22. The maximum absolute atomic E-state index is 12.1. The molecule has 0 aromatic heterocycles. The second-order valence-electron chi connectivity index (χ2n) is 4.13. The summed E-state index contributed by atoms with van der Waals surface area (Å²) in [6.45, 7) is 1.67. The minimum atomic E-state index is -3.81. The third-order valence-electron chi connectivity index (χ3n) is 2.52. The molecule has 0 saturated heterocycles. The summed E-state index contributed by atoms with van der Waals surface area (Å²) in [6.07, 6.45) is 0. The molecule has 1 aromatic carbocycles. The van der Waals surface area contributed by atoms with Gasteiger partial charge >= 0.3 is 5.97 Å². The summed E-state index contributed by atoms with van der Waals surface area (Å²) in [6, 6.07) is 5.80. The molecule has 0 radical (unpaired) electrons. The van der Waals surface area contributed by atoms with Crippen LogP contribution in [0.1, 0.15) is 17.3 Å². The Hall–Kier alpha value is -1.44. The van der Waals surface area contributed by atoms with E-state index < -0.39 is 16.0 Å². The molecule has 6 nitrogen and oxygen atoms in total. The first-order valence-electron chi connectivity index (χ1n) is 5.70. The Morgan fingerprint density at radius 1 is 1.42 bits per heavy atom. The van der Waals surface area contributed by atoms with Gasteiger partial charge in [-0.2, -0.15) is 0 Å². The maximum atomic E-state index is 12.1. The Morgan fingerprint density at radius 3 is 2.63 bits per heavy atom. The predicted octanol–water partition coefficient (Wildman–Crippen LogP) is 0.380. The van der Waals surface area contributed by atoms with Gasteiger partial charge in [-0.1, -0.05) is 19.1 Å². The molecule has 0 amide bonds. The van der Waals surface area contributed by atoms with Crippen LogP contribution in [0, 0.1) is 5.92 Å². The second kappa shape index (κ2) is 6.65. The van der Waals surface area contributed by atoms with Crippen LogP contribution in [0.5, 0.6) is 0 Å². The molecule has 1 aromatic rings. The number of rotatable bonds is 6. The Labute approximate surface area is 112 Å². The van der Waals surface area contributed by atoms with Crippen molar-refractivity contribution in [1.29, 1.82) is 0 Å². The lowest BCUT2D eigenvalue weighted by Gasteiger charge is -2.12. The Balaban J connectivity index is 3.04. The van der Waals surface area contributed by atoms with Gasteiger partial charge in [-0.15, -0.1) is 0 Å². The minimum absolute atomic E-state index is 0.0193. The molecule has 7 heteroatoms. The third-order valence-corrected chi connectivity index (χ3v) is 4.00. The highest BCUT2D eigenvalue weighted by atomic mass is 32.2. The van der Waals surface area contributed by atoms with Gasteiger partial charge < -0.3 is 9.84 Å². The van der Waals surface area contributed by atoms with Crippen LogP contribution in [0.2, 0.25) is 0 Å². The van der Waals surface area contributed by atoms with E-state index in [0.717, 1.165) is 0 Å². The number of esters is 1. The lowest BCUT2D eigenvalue weighted by molar-refractivity contribution is 0.0596. The van der Waals surface area contributed by atoms with Gasteiger partial charge in [0, 0.05) is 13.2 Å². The van der Waals surface area contributed by atoms with Crippen LogP contribution in [0.4, 0.5) is 0 Å². The largest absolute Gasteiger partial charge is 0.465 e. The molecular formula is C12H17NO5S. The van der Waals surface area contributed by atoms with Crippen molar-refractivity contribution in [2.45, 2.75) is 11.8 Å². The van der Waals surface area contributed by atoms with E-state index in [2.05, 4.69) is 9.46 Å². The van der Waals surface area contributed by atoms with Gasteiger partial charge in [-0.3, -0.25) is 0 Å². The average Bonchev–Trinajstić information content (AvgIpc) is 2.43. The maximum Gasteiger partial charge on any atom is 0.339 e. The number of aliphatic hydroxyl groups is 1. The molecule has 1 unspecified atom stereocenters. The number of benzene rings is 1. The van der Waals surface area contributed by atoms with E-state index in [1.54, 1.807) is 13.0 Å². The van der Waals surface area contributed by atoms with E-state index in [1.807, 2.05) is 0 Å². The number of hydrogen-bond acceptors (Lipinski definition) is 5. The van der Waals surface area contributed by atoms with Gasteiger partial charge in [0.1, 0.15) is 0 Å². The number of sulfonamides is 1. The van der Waals surface area contributed by atoms with Crippen molar-refractivity contribution in [2.24, 2.45) is 5.92 Å². The van der Waals surface area contributed by atoms with Crippen molar-refractivity contribution >= 4 is 16.0 Å². The number of hydrogen-bond donors (Lipinski definition) is 2. The van der Waals surface area contributed by atoms with Crippen molar-refractivity contribution in [3.63, 3.8) is 0 Å². The predicted molar refractivity (Wildman–Crippen MR) is 69.2 cm³/mol. The minimum Gasteiger partial charge on any atom is -0.465 e. The highest BCUT2D eigenvalue weighted by molar-refractivity contribution is 7.89. The summed E-state index contributed by atoms with van der Waals surface area (Å²) in [5, 5.41) is 8.87. The van der Waals surface area contributed by atoms with Crippen LogP contribution in [-0.2, 0) is 14.8 Å². The molecule has 106 valence electrons. The van der Waals surface area contributed by atoms with Crippen LogP contribution in [0.3, 0.4) is 0 Å². The van der Waals surface area contributed by atoms with Gasteiger partial charge in [0.05, 0.1) is 17.6 Å². The van der Waals surface area contributed by atoms with Crippen molar-refractivity contribution < 1.29 is 23.1 Å². The van der Waals surface area contributed by atoms with Gasteiger partial charge in [-0.05, 0) is 18.1 Å². The van der Waals surface area contributed by atoms with E-state index in [1.165, 1.54) is 25.3 Å². The van der Waals surface area contributed by atoms with Crippen LogP contribution >= 0.6 is 0 Å². The summed E-state index contributed by atoms with van der Waals surface area (Å²) in [5.74, 6) is -0.920. The Morgan fingerprint density at radius 2 is 2.05 bits per heavy atom. The average molecular weight is 287 g/mol. The first-order chi connectivity index (χ1) is 8.92. The van der Waals surface area contributed by atoms with Crippen LogP contribution < -0.4 is 4.72 Å². The van der Waals surface area contributed by atoms with E-state index in [9.17, 15) is 13.2 Å². The smallest absolute Gasteiger partial charge is 0.339 e. The number of aliphatic hydroxyl groups excluding tert-OH is 1. The molecule has 0 bridgehead atoms. The van der Waals surface area contributed by atoms with Crippen LogP contribution in [0.15, 0.2) is 29.2 Å². The highest BCUT2D eigenvalue weighted by Crippen LogP contribution is 2.16. The molecule has 0 aliphatic carbocycles. The van der Waals surface area contributed by atoms with Gasteiger partial charge in [0.15, 0.2) is 0 Å². The fourth-order valence-corrected chi connectivity index (χ4v) is 2.73. The molecule has 19 heavy (non-hydrogen) atoms. The number of carbonyl (C=O) groups excluding carboxylic acids is 1. The van der Waals surface area contributed by atoms with Crippen LogP contribution in [-0.4, -0.2) is 39.8 Å². The molecular weight excluding hydrogens is 270 g/mol. The number of methoxy groups -OCH3 is 1. The zero-order valence-corrected chi connectivity index (χ0v) is 11.6. The standard InChI is InChI=1S/C12H17NO5S/c1-9(8-14)7-13-19(16,17)11-6-4-3-5-10(11)12(15)18-2/h3-6,9,13-14H,7-8H2,1-2H3. The summed E-state index contributed by atoms with van der Waals surface area (Å²) in [5.41, 5.74) is -0.0193. The summed E-state index contributed by atoms with van der Waals surface area (Å²) < 4.78 is 31.1. The zero-order valence-electron chi connectivity index (χ0n) is 10.8. The summed E-state index contributed by atoms with van der Waals surface area (Å²) in [4.78, 5) is 11.4. The van der Waals surface area contributed by atoms with E-state index in [0.29, 0.717) is 0 Å². The Kier molecular flexibility index (Phi) is 5.46. The second-order valence-corrected chi connectivity index (χ2v) is 5.86. The molecule has 0 spiro atoms. The van der Waals surface area contributed by atoms with E-state index >= 15 is 0 Å². The molecule has 1 rings (SSSR count). The fourth-order valence-electron chi connectivity index (χ4n) is 1.37. The fraction of sp³-hybridized carbons (Fsp3) is 0.417. The molecule has 2 N–H and O–H groups in total.